The van der Waals surface area contributed by atoms with Crippen LogP contribution in [0.2, 0.25) is 0 Å². The zero-order valence-corrected chi connectivity index (χ0v) is 12.1. The van der Waals surface area contributed by atoms with Crippen LogP contribution in [-0.4, -0.2) is 36.8 Å². The van der Waals surface area contributed by atoms with Crippen molar-refractivity contribution in [2.45, 2.75) is 37.6 Å². The van der Waals surface area contributed by atoms with E-state index < -0.39 is 5.41 Å². The van der Waals surface area contributed by atoms with Gasteiger partial charge in [-0.1, -0.05) is 37.3 Å². The van der Waals surface area contributed by atoms with Crippen LogP contribution >= 0.6 is 0 Å². The van der Waals surface area contributed by atoms with Crippen molar-refractivity contribution in [1.29, 1.82) is 0 Å². The molecule has 0 bridgehead atoms. The highest BCUT2D eigenvalue weighted by atomic mass is 16.3. The standard InChI is InChI=1S/C16H24N2O2/c1-2-14(12-19)18-15(20)16(8-10-17-11-9-16)13-6-4-3-5-7-13/h3-7,14,17,19H,2,8-12H2,1H3,(H,18,20). The van der Waals surface area contributed by atoms with Crippen LogP contribution in [0.3, 0.4) is 0 Å². The maximum absolute atomic E-state index is 12.8. The summed E-state index contributed by atoms with van der Waals surface area (Å²) in [6, 6.07) is 9.85. The Balaban J connectivity index is 2.25. The molecule has 0 aromatic heterocycles. The highest BCUT2D eigenvalue weighted by Gasteiger charge is 2.41. The molecule has 1 aromatic rings. The van der Waals surface area contributed by atoms with Crippen molar-refractivity contribution >= 4 is 5.91 Å². The highest BCUT2D eigenvalue weighted by molar-refractivity contribution is 5.88. The van der Waals surface area contributed by atoms with E-state index in [0.717, 1.165) is 37.9 Å². The van der Waals surface area contributed by atoms with Crippen molar-refractivity contribution in [3.8, 4) is 0 Å². The normalized spacial score (nSPS) is 19.3. The lowest BCUT2D eigenvalue weighted by Gasteiger charge is -2.37. The van der Waals surface area contributed by atoms with Crippen LogP contribution in [0.25, 0.3) is 0 Å². The topological polar surface area (TPSA) is 61.4 Å². The van der Waals surface area contributed by atoms with E-state index in [0.29, 0.717) is 0 Å². The van der Waals surface area contributed by atoms with E-state index in [4.69, 9.17) is 0 Å². The molecule has 110 valence electrons. The highest BCUT2D eigenvalue weighted by Crippen LogP contribution is 2.33. The minimum Gasteiger partial charge on any atom is -0.394 e. The maximum atomic E-state index is 12.8. The molecule has 1 unspecified atom stereocenters. The molecular formula is C16H24N2O2. The fourth-order valence-electron chi connectivity index (χ4n) is 2.86. The molecule has 1 amide bonds. The average Bonchev–Trinajstić information content (AvgIpc) is 2.53. The van der Waals surface area contributed by atoms with Crippen molar-refractivity contribution in [3.05, 3.63) is 35.9 Å². The smallest absolute Gasteiger partial charge is 0.231 e. The molecule has 0 aliphatic carbocycles. The van der Waals surface area contributed by atoms with Gasteiger partial charge in [0.05, 0.1) is 18.1 Å². The van der Waals surface area contributed by atoms with Crippen LogP contribution < -0.4 is 10.6 Å². The third kappa shape index (κ3) is 3.02. The van der Waals surface area contributed by atoms with Crippen molar-refractivity contribution < 1.29 is 9.90 Å². The summed E-state index contributed by atoms with van der Waals surface area (Å²) in [5, 5.41) is 15.6. The number of piperidine rings is 1. The van der Waals surface area contributed by atoms with E-state index in [1.807, 2.05) is 37.3 Å². The van der Waals surface area contributed by atoms with Crippen LogP contribution in [0.5, 0.6) is 0 Å². The Morgan fingerprint density at radius 2 is 2.00 bits per heavy atom. The first-order valence-electron chi connectivity index (χ1n) is 7.41. The fraction of sp³-hybridized carbons (Fsp3) is 0.562. The second-order valence-electron chi connectivity index (χ2n) is 5.46. The summed E-state index contributed by atoms with van der Waals surface area (Å²) >= 11 is 0. The van der Waals surface area contributed by atoms with Crippen LogP contribution in [-0.2, 0) is 10.2 Å². The molecule has 1 atom stereocenters. The van der Waals surface area contributed by atoms with E-state index in [1.54, 1.807) is 0 Å². The van der Waals surface area contributed by atoms with Gasteiger partial charge in [0.15, 0.2) is 0 Å². The summed E-state index contributed by atoms with van der Waals surface area (Å²) in [5.41, 5.74) is 0.613. The largest absolute Gasteiger partial charge is 0.394 e. The molecule has 3 N–H and O–H groups in total. The second kappa shape index (κ2) is 6.86. The van der Waals surface area contributed by atoms with Crippen LogP contribution in [0.1, 0.15) is 31.7 Å². The van der Waals surface area contributed by atoms with Gasteiger partial charge in [0.25, 0.3) is 0 Å². The maximum Gasteiger partial charge on any atom is 0.231 e. The fourth-order valence-corrected chi connectivity index (χ4v) is 2.86. The summed E-state index contributed by atoms with van der Waals surface area (Å²) in [6.45, 7) is 3.65. The summed E-state index contributed by atoms with van der Waals surface area (Å²) < 4.78 is 0. The number of hydrogen-bond acceptors (Lipinski definition) is 3. The number of hydrogen-bond donors (Lipinski definition) is 3. The molecule has 1 aliphatic heterocycles. The molecule has 1 aliphatic rings. The number of aliphatic hydroxyl groups is 1. The predicted octanol–water partition coefficient (Wildman–Crippen LogP) is 1.19. The van der Waals surface area contributed by atoms with Gasteiger partial charge in [0, 0.05) is 0 Å². The monoisotopic (exact) mass is 276 g/mol. The Morgan fingerprint density at radius 1 is 1.35 bits per heavy atom. The Hall–Kier alpha value is -1.39. The molecule has 1 saturated heterocycles. The van der Waals surface area contributed by atoms with Gasteiger partial charge in [-0.2, -0.15) is 0 Å². The van der Waals surface area contributed by atoms with E-state index in [1.165, 1.54) is 0 Å². The average molecular weight is 276 g/mol. The van der Waals surface area contributed by atoms with Crippen molar-refractivity contribution in [1.82, 2.24) is 10.6 Å². The molecule has 2 rings (SSSR count). The number of nitrogens with one attached hydrogen (secondary N) is 2. The van der Waals surface area contributed by atoms with Crippen LogP contribution in [0.4, 0.5) is 0 Å². The Morgan fingerprint density at radius 3 is 2.55 bits per heavy atom. The summed E-state index contributed by atoms with van der Waals surface area (Å²) in [7, 11) is 0. The molecule has 0 saturated carbocycles. The van der Waals surface area contributed by atoms with E-state index >= 15 is 0 Å². The van der Waals surface area contributed by atoms with Crippen LogP contribution in [0.15, 0.2) is 30.3 Å². The summed E-state index contributed by atoms with van der Waals surface area (Å²) in [6.07, 6.45) is 2.33. The predicted molar refractivity (Wildman–Crippen MR) is 79.5 cm³/mol. The first-order valence-corrected chi connectivity index (χ1v) is 7.41. The second-order valence-corrected chi connectivity index (χ2v) is 5.46. The molecule has 4 heteroatoms. The number of amides is 1. The van der Waals surface area contributed by atoms with Crippen molar-refractivity contribution in [2.24, 2.45) is 0 Å². The van der Waals surface area contributed by atoms with Gasteiger partial charge in [-0.15, -0.1) is 0 Å². The lowest BCUT2D eigenvalue weighted by Crippen LogP contribution is -2.53. The number of benzene rings is 1. The van der Waals surface area contributed by atoms with Gasteiger partial charge >= 0.3 is 0 Å². The van der Waals surface area contributed by atoms with Gasteiger partial charge in [-0.3, -0.25) is 4.79 Å². The molecule has 1 heterocycles. The minimum absolute atomic E-state index is 0.00857. The number of carbonyl (C=O) groups excluding carboxylic acids is 1. The van der Waals surface area contributed by atoms with Gasteiger partial charge < -0.3 is 15.7 Å². The van der Waals surface area contributed by atoms with Crippen molar-refractivity contribution in [3.63, 3.8) is 0 Å². The van der Waals surface area contributed by atoms with Gasteiger partial charge in [-0.25, -0.2) is 0 Å². The van der Waals surface area contributed by atoms with Crippen molar-refractivity contribution in [2.75, 3.05) is 19.7 Å². The zero-order chi connectivity index (χ0) is 14.4. The van der Waals surface area contributed by atoms with E-state index in [-0.39, 0.29) is 18.6 Å². The SMILES string of the molecule is CCC(CO)NC(=O)C1(c2ccccc2)CCNCC1. The molecule has 20 heavy (non-hydrogen) atoms. The number of carbonyl (C=O) groups is 1. The van der Waals surface area contributed by atoms with Gasteiger partial charge in [-0.05, 0) is 37.9 Å². The minimum atomic E-state index is -0.463. The Labute approximate surface area is 120 Å². The molecule has 4 nitrogen and oxygen atoms in total. The molecular weight excluding hydrogens is 252 g/mol. The lowest BCUT2D eigenvalue weighted by atomic mass is 9.72. The lowest BCUT2D eigenvalue weighted by molar-refractivity contribution is -0.129. The Kier molecular flexibility index (Phi) is 5.15. The van der Waals surface area contributed by atoms with E-state index in [9.17, 15) is 9.90 Å². The summed E-state index contributed by atoms with van der Waals surface area (Å²) in [4.78, 5) is 12.8. The molecule has 0 radical (unpaired) electrons. The third-order valence-corrected chi connectivity index (χ3v) is 4.27. The van der Waals surface area contributed by atoms with Crippen LogP contribution in [0, 0.1) is 0 Å². The third-order valence-electron chi connectivity index (χ3n) is 4.27. The van der Waals surface area contributed by atoms with E-state index in [2.05, 4.69) is 10.6 Å². The Bertz CT molecular complexity index is 423. The number of aliphatic hydroxyl groups excluding tert-OH is 1. The first-order chi connectivity index (χ1) is 9.73. The molecule has 1 aromatic carbocycles. The quantitative estimate of drug-likeness (QED) is 0.757. The van der Waals surface area contributed by atoms with Gasteiger partial charge in [0.1, 0.15) is 0 Å². The molecule has 0 spiro atoms. The molecule has 1 fully saturated rings. The van der Waals surface area contributed by atoms with Gasteiger partial charge in [0.2, 0.25) is 5.91 Å². The number of rotatable bonds is 5. The zero-order valence-electron chi connectivity index (χ0n) is 12.1. The first kappa shape index (κ1) is 15.0. The summed E-state index contributed by atoms with van der Waals surface area (Å²) in [5.74, 6) is 0.0473.